The minimum absolute atomic E-state index is 0.0342. The number of esters is 1. The molecular weight excluding hydrogens is 246 g/mol. The summed E-state index contributed by atoms with van der Waals surface area (Å²) in [5, 5.41) is 0. The Bertz CT molecular complexity index is 486. The molecule has 0 radical (unpaired) electrons. The van der Waals surface area contributed by atoms with Crippen LogP contribution in [-0.4, -0.2) is 44.1 Å². The molecule has 5 heteroatoms. The van der Waals surface area contributed by atoms with Gasteiger partial charge in [-0.05, 0) is 18.1 Å². The summed E-state index contributed by atoms with van der Waals surface area (Å²) >= 11 is 0. The van der Waals surface area contributed by atoms with Gasteiger partial charge in [-0.25, -0.2) is 0 Å². The number of fused-ring (bicyclic) bond motifs is 1. The fourth-order valence-corrected chi connectivity index (χ4v) is 2.13. The molecule has 0 bridgehead atoms. The number of nitrogens with zero attached hydrogens (tertiary/aromatic N) is 1. The van der Waals surface area contributed by atoms with Gasteiger partial charge in [0.25, 0.3) is 0 Å². The van der Waals surface area contributed by atoms with Crippen molar-refractivity contribution >= 4 is 11.9 Å². The van der Waals surface area contributed by atoms with Crippen LogP contribution in [0.2, 0.25) is 0 Å². The highest BCUT2D eigenvalue weighted by atomic mass is 16.5. The van der Waals surface area contributed by atoms with Crippen LogP contribution in [0.5, 0.6) is 5.75 Å². The van der Waals surface area contributed by atoms with E-state index in [0.717, 1.165) is 11.3 Å². The standard InChI is InChI=1S/C14H17NO4/c1-15(8-13(16)18-2)14(17)11-7-10-5-3-4-6-12(10)19-9-11/h3-6,11H,7-9H2,1-2H3. The van der Waals surface area contributed by atoms with Gasteiger partial charge in [0.1, 0.15) is 18.9 Å². The van der Waals surface area contributed by atoms with Gasteiger partial charge in [0.2, 0.25) is 5.91 Å². The molecular formula is C14H17NO4. The number of ether oxygens (including phenoxy) is 2. The van der Waals surface area contributed by atoms with Crippen molar-refractivity contribution in [2.45, 2.75) is 6.42 Å². The Balaban J connectivity index is 2.00. The van der Waals surface area contributed by atoms with E-state index in [1.807, 2.05) is 24.3 Å². The van der Waals surface area contributed by atoms with Crippen LogP contribution in [0.1, 0.15) is 5.56 Å². The SMILES string of the molecule is COC(=O)CN(C)C(=O)C1COc2ccccc2C1. The van der Waals surface area contributed by atoms with Gasteiger partial charge in [-0.3, -0.25) is 9.59 Å². The van der Waals surface area contributed by atoms with Crippen LogP contribution in [0.25, 0.3) is 0 Å². The average Bonchev–Trinajstić information content (AvgIpc) is 2.45. The lowest BCUT2D eigenvalue weighted by molar-refractivity contribution is -0.148. The Labute approximate surface area is 112 Å². The molecule has 5 nitrogen and oxygen atoms in total. The van der Waals surface area contributed by atoms with Gasteiger partial charge in [0.05, 0.1) is 13.0 Å². The van der Waals surface area contributed by atoms with Crippen molar-refractivity contribution in [3.63, 3.8) is 0 Å². The Morgan fingerprint density at radius 3 is 2.89 bits per heavy atom. The van der Waals surface area contributed by atoms with Crippen molar-refractivity contribution in [1.82, 2.24) is 4.90 Å². The van der Waals surface area contributed by atoms with Crippen LogP contribution in [0.15, 0.2) is 24.3 Å². The molecule has 0 saturated heterocycles. The third-order valence-corrected chi connectivity index (χ3v) is 3.20. The van der Waals surface area contributed by atoms with Gasteiger partial charge in [-0.2, -0.15) is 0 Å². The first-order valence-corrected chi connectivity index (χ1v) is 6.14. The summed E-state index contributed by atoms with van der Waals surface area (Å²) < 4.78 is 10.1. The molecule has 1 aliphatic heterocycles. The zero-order valence-electron chi connectivity index (χ0n) is 11.1. The maximum Gasteiger partial charge on any atom is 0.325 e. The van der Waals surface area contributed by atoms with Gasteiger partial charge >= 0.3 is 5.97 Å². The lowest BCUT2D eigenvalue weighted by Crippen LogP contribution is -2.41. The number of amides is 1. The van der Waals surface area contributed by atoms with Gasteiger partial charge in [-0.1, -0.05) is 18.2 Å². The minimum atomic E-state index is -0.423. The van der Waals surface area contributed by atoms with E-state index in [-0.39, 0.29) is 18.4 Å². The predicted octanol–water partition coefficient (Wildman–Crippen LogP) is 0.869. The van der Waals surface area contributed by atoms with Crippen LogP contribution >= 0.6 is 0 Å². The summed E-state index contributed by atoms with van der Waals surface area (Å²) in [6, 6.07) is 7.68. The zero-order chi connectivity index (χ0) is 13.8. The number of hydrogen-bond acceptors (Lipinski definition) is 4. The summed E-state index contributed by atoms with van der Waals surface area (Å²) in [4.78, 5) is 24.7. The maximum absolute atomic E-state index is 12.2. The average molecular weight is 263 g/mol. The van der Waals surface area contributed by atoms with Crippen molar-refractivity contribution in [1.29, 1.82) is 0 Å². The molecule has 1 aliphatic rings. The third-order valence-electron chi connectivity index (χ3n) is 3.20. The number of hydrogen-bond donors (Lipinski definition) is 0. The molecule has 0 saturated carbocycles. The van der Waals surface area contributed by atoms with Crippen molar-refractivity contribution < 1.29 is 19.1 Å². The molecule has 0 N–H and O–H groups in total. The molecule has 1 unspecified atom stereocenters. The zero-order valence-corrected chi connectivity index (χ0v) is 11.1. The number of para-hydroxylation sites is 1. The van der Waals surface area contributed by atoms with Crippen molar-refractivity contribution in [2.24, 2.45) is 5.92 Å². The predicted molar refractivity (Wildman–Crippen MR) is 68.8 cm³/mol. The van der Waals surface area contributed by atoms with E-state index in [0.29, 0.717) is 13.0 Å². The monoisotopic (exact) mass is 263 g/mol. The van der Waals surface area contributed by atoms with Crippen LogP contribution in [-0.2, 0) is 20.7 Å². The molecule has 1 aromatic rings. The Kier molecular flexibility index (Phi) is 4.04. The largest absolute Gasteiger partial charge is 0.492 e. The van der Waals surface area contributed by atoms with Crippen LogP contribution < -0.4 is 4.74 Å². The summed E-state index contributed by atoms with van der Waals surface area (Å²) in [5.41, 5.74) is 1.03. The van der Waals surface area contributed by atoms with E-state index >= 15 is 0 Å². The first-order valence-electron chi connectivity index (χ1n) is 6.14. The summed E-state index contributed by atoms with van der Waals surface area (Å²) in [5.74, 6) is 0.0691. The smallest absolute Gasteiger partial charge is 0.325 e. The molecule has 1 aromatic carbocycles. The number of benzene rings is 1. The van der Waals surface area contributed by atoms with E-state index in [2.05, 4.69) is 4.74 Å². The number of likely N-dealkylation sites (N-methyl/N-ethyl adjacent to an activating group) is 1. The Hall–Kier alpha value is -2.04. The third kappa shape index (κ3) is 3.05. The summed E-state index contributed by atoms with van der Waals surface area (Å²) in [7, 11) is 2.90. The second-order valence-electron chi connectivity index (χ2n) is 4.59. The molecule has 0 aromatic heterocycles. The number of carbonyl (C=O) groups is 2. The highest BCUT2D eigenvalue weighted by Crippen LogP contribution is 2.27. The van der Waals surface area contributed by atoms with Gasteiger partial charge in [0.15, 0.2) is 0 Å². The minimum Gasteiger partial charge on any atom is -0.492 e. The topological polar surface area (TPSA) is 55.8 Å². The van der Waals surface area contributed by atoms with Gasteiger partial charge < -0.3 is 14.4 Å². The van der Waals surface area contributed by atoms with E-state index < -0.39 is 5.97 Å². The normalized spacial score (nSPS) is 17.1. The first kappa shape index (κ1) is 13.4. The molecule has 0 spiro atoms. The van der Waals surface area contributed by atoms with E-state index in [4.69, 9.17) is 4.74 Å². The van der Waals surface area contributed by atoms with Crippen molar-refractivity contribution in [2.75, 3.05) is 27.3 Å². The molecule has 1 atom stereocenters. The molecule has 1 heterocycles. The molecule has 19 heavy (non-hydrogen) atoms. The van der Waals surface area contributed by atoms with E-state index in [9.17, 15) is 9.59 Å². The van der Waals surface area contributed by atoms with Crippen molar-refractivity contribution in [3.05, 3.63) is 29.8 Å². The fraction of sp³-hybridized carbons (Fsp3) is 0.429. The highest BCUT2D eigenvalue weighted by molar-refractivity contribution is 5.84. The second kappa shape index (κ2) is 5.73. The molecule has 0 aliphatic carbocycles. The molecule has 0 fully saturated rings. The number of rotatable bonds is 3. The van der Waals surface area contributed by atoms with E-state index in [1.165, 1.54) is 12.0 Å². The first-order chi connectivity index (χ1) is 9.11. The summed E-state index contributed by atoms with van der Waals surface area (Å²) in [6.45, 7) is 0.314. The number of methoxy groups -OCH3 is 1. The van der Waals surface area contributed by atoms with E-state index in [1.54, 1.807) is 7.05 Å². The second-order valence-corrected chi connectivity index (χ2v) is 4.59. The maximum atomic E-state index is 12.2. The van der Waals surface area contributed by atoms with Crippen molar-refractivity contribution in [3.8, 4) is 5.75 Å². The molecule has 102 valence electrons. The summed E-state index contributed by atoms with van der Waals surface area (Å²) in [6.07, 6.45) is 0.639. The van der Waals surface area contributed by atoms with Gasteiger partial charge in [0, 0.05) is 7.05 Å². The quantitative estimate of drug-likeness (QED) is 0.759. The Morgan fingerprint density at radius 2 is 2.16 bits per heavy atom. The molecule has 2 rings (SSSR count). The van der Waals surface area contributed by atoms with Crippen LogP contribution in [0, 0.1) is 5.92 Å². The fourth-order valence-electron chi connectivity index (χ4n) is 2.13. The van der Waals surface area contributed by atoms with Crippen LogP contribution in [0.4, 0.5) is 0 Å². The highest BCUT2D eigenvalue weighted by Gasteiger charge is 2.28. The molecule has 1 amide bonds. The van der Waals surface area contributed by atoms with Gasteiger partial charge in [-0.15, -0.1) is 0 Å². The lowest BCUT2D eigenvalue weighted by Gasteiger charge is -2.27. The van der Waals surface area contributed by atoms with Crippen LogP contribution in [0.3, 0.4) is 0 Å². The Morgan fingerprint density at radius 1 is 1.42 bits per heavy atom. The lowest BCUT2D eigenvalue weighted by atomic mass is 9.95. The number of carbonyl (C=O) groups excluding carboxylic acids is 2.